The number of nitrogens with zero attached hydrogens (tertiary/aromatic N) is 1. The number of unbranched alkanes of at least 4 members (excludes halogenated alkanes) is 1. The van der Waals surface area contributed by atoms with Crippen LogP contribution < -0.4 is 20.1 Å². The molecule has 1 atom stereocenters. The molecule has 1 amide bonds. The maximum Gasteiger partial charge on any atom is 0.274 e. The van der Waals surface area contributed by atoms with Gasteiger partial charge in [0.2, 0.25) is 0 Å². The van der Waals surface area contributed by atoms with Gasteiger partial charge < -0.3 is 14.6 Å². The molecule has 2 aliphatic rings. The first-order chi connectivity index (χ1) is 17.9. The van der Waals surface area contributed by atoms with Crippen LogP contribution in [0.4, 0.5) is 5.69 Å². The minimum absolute atomic E-state index is 0.00785. The fourth-order valence-electron chi connectivity index (χ4n) is 5.18. The standard InChI is InChI=1S/C31H33N2O3P/c1-4-5-6-11-29(20(3)37)36-30-18-28-24(23-9-7-8-10-25(23)30)14-15-33(28)31(35)27-17-22-16-21(19(2)34)12-13-26(22)32-27/h6,9-13,16-18,29,32,37H,4-5,7-8,14-15H2,1-3H3. The summed E-state index contributed by atoms with van der Waals surface area (Å²) in [6.07, 6.45) is 13.5. The van der Waals surface area contributed by atoms with Crippen LogP contribution >= 0.6 is 8.86 Å². The van der Waals surface area contributed by atoms with Gasteiger partial charge in [0.05, 0.1) is 5.69 Å². The minimum Gasteiger partial charge on any atom is -0.481 e. The van der Waals surface area contributed by atoms with Gasteiger partial charge in [-0.15, -0.1) is 8.86 Å². The van der Waals surface area contributed by atoms with Crippen molar-refractivity contribution < 1.29 is 14.3 Å². The van der Waals surface area contributed by atoms with Gasteiger partial charge in [-0.3, -0.25) is 9.59 Å². The quantitative estimate of drug-likeness (QED) is 0.251. The number of benzene rings is 2. The molecule has 1 aliphatic heterocycles. The molecule has 0 fully saturated rings. The molecule has 2 aromatic carbocycles. The Bertz CT molecular complexity index is 1560. The van der Waals surface area contributed by atoms with Crippen molar-refractivity contribution in [3.05, 3.63) is 69.7 Å². The summed E-state index contributed by atoms with van der Waals surface area (Å²) in [7, 11) is 3.69. The number of carbonyl (C=O) groups is 2. The minimum atomic E-state index is -0.199. The SMILES string of the molecule is CCCC=CC(Oc1cc2c(c3c1=CCCC=3)CCN2C(=O)c1cc2cc(C(C)=O)ccc2[nH]1)C(C)=P. The Morgan fingerprint density at radius 2 is 1.92 bits per heavy atom. The van der Waals surface area contributed by atoms with Gasteiger partial charge in [-0.1, -0.05) is 31.6 Å². The molecule has 5 rings (SSSR count). The second kappa shape index (κ2) is 10.5. The number of Topliss-reactive ketones (excluding diaryl/α,β-unsaturated/α-hetero) is 1. The fraction of sp³-hybridized carbons (Fsp3) is 0.323. The number of amides is 1. The lowest BCUT2D eigenvalue weighted by atomic mass is 10.00. The first kappa shape index (κ1) is 25.2. The summed E-state index contributed by atoms with van der Waals surface area (Å²) in [6.45, 7) is 6.34. The highest BCUT2D eigenvalue weighted by Gasteiger charge is 2.29. The van der Waals surface area contributed by atoms with Gasteiger partial charge >= 0.3 is 0 Å². The molecule has 2 heterocycles. The van der Waals surface area contributed by atoms with E-state index in [1.165, 1.54) is 10.8 Å². The molecule has 37 heavy (non-hydrogen) atoms. The zero-order valence-corrected chi connectivity index (χ0v) is 22.7. The number of hydrogen-bond donors (Lipinski definition) is 1. The molecule has 190 valence electrons. The molecule has 0 saturated carbocycles. The zero-order chi connectivity index (χ0) is 26.1. The molecule has 1 aromatic heterocycles. The Hall–Kier alpha value is -3.43. The molecule has 0 saturated heterocycles. The van der Waals surface area contributed by atoms with Gasteiger partial charge in [-0.05, 0) is 85.9 Å². The van der Waals surface area contributed by atoms with E-state index in [-0.39, 0.29) is 17.8 Å². The summed E-state index contributed by atoms with van der Waals surface area (Å²) >= 11 is 0. The highest BCUT2D eigenvalue weighted by Crippen LogP contribution is 2.31. The summed E-state index contributed by atoms with van der Waals surface area (Å²) < 4.78 is 6.56. The van der Waals surface area contributed by atoms with Gasteiger partial charge in [0.15, 0.2) is 5.78 Å². The van der Waals surface area contributed by atoms with E-state index in [4.69, 9.17) is 4.74 Å². The number of nitrogens with one attached hydrogen (secondary N) is 1. The molecule has 1 N–H and O–H groups in total. The topological polar surface area (TPSA) is 62.4 Å². The number of fused-ring (bicyclic) bond motifs is 4. The predicted octanol–water partition coefficient (Wildman–Crippen LogP) is 5.37. The number of rotatable bonds is 8. The van der Waals surface area contributed by atoms with Crippen molar-refractivity contribution >= 4 is 54.6 Å². The molecule has 6 heteroatoms. The van der Waals surface area contributed by atoms with Gasteiger partial charge in [-0.2, -0.15) is 0 Å². The molecule has 0 bridgehead atoms. The largest absolute Gasteiger partial charge is 0.481 e. The summed E-state index contributed by atoms with van der Waals surface area (Å²) in [6, 6.07) is 9.37. The van der Waals surface area contributed by atoms with Gasteiger partial charge in [0.25, 0.3) is 5.91 Å². The highest BCUT2D eigenvalue weighted by molar-refractivity contribution is 7.21. The number of anilines is 1. The maximum absolute atomic E-state index is 13.7. The number of aromatic nitrogens is 1. The van der Waals surface area contributed by atoms with Crippen LogP contribution in [0.2, 0.25) is 0 Å². The number of hydrogen-bond acceptors (Lipinski definition) is 3. The lowest BCUT2D eigenvalue weighted by Gasteiger charge is -2.21. The van der Waals surface area contributed by atoms with Crippen LogP contribution in [0, 0.1) is 0 Å². The van der Waals surface area contributed by atoms with E-state index >= 15 is 0 Å². The molecule has 0 radical (unpaired) electrons. The highest BCUT2D eigenvalue weighted by atomic mass is 31.0. The van der Waals surface area contributed by atoms with Crippen molar-refractivity contribution in [2.24, 2.45) is 0 Å². The Morgan fingerprint density at radius 1 is 1.14 bits per heavy atom. The zero-order valence-electron chi connectivity index (χ0n) is 21.7. The predicted molar refractivity (Wildman–Crippen MR) is 155 cm³/mol. The number of aromatic amines is 1. The van der Waals surface area contributed by atoms with Gasteiger partial charge in [-0.25, -0.2) is 0 Å². The van der Waals surface area contributed by atoms with Crippen molar-refractivity contribution in [1.82, 2.24) is 4.98 Å². The monoisotopic (exact) mass is 512 g/mol. The molecule has 5 nitrogen and oxygen atoms in total. The van der Waals surface area contributed by atoms with E-state index in [0.717, 1.165) is 65.0 Å². The summed E-state index contributed by atoms with van der Waals surface area (Å²) in [5, 5.41) is 4.18. The van der Waals surface area contributed by atoms with E-state index in [2.05, 4.69) is 45.1 Å². The lowest BCUT2D eigenvalue weighted by Crippen LogP contribution is -2.35. The van der Waals surface area contributed by atoms with Crippen molar-refractivity contribution in [2.75, 3.05) is 11.4 Å². The summed E-state index contributed by atoms with van der Waals surface area (Å²) in [5.74, 6) is 0.733. The third-order valence-corrected chi connectivity index (χ3v) is 7.43. The van der Waals surface area contributed by atoms with E-state index < -0.39 is 0 Å². The second-order valence-corrected chi connectivity index (χ2v) is 10.7. The van der Waals surface area contributed by atoms with E-state index in [0.29, 0.717) is 17.8 Å². The van der Waals surface area contributed by atoms with Crippen molar-refractivity contribution in [1.29, 1.82) is 0 Å². The summed E-state index contributed by atoms with van der Waals surface area (Å²) in [4.78, 5) is 30.6. The molecular formula is C31H33N2O3P. The van der Waals surface area contributed by atoms with Crippen LogP contribution in [0.3, 0.4) is 0 Å². The molecular weight excluding hydrogens is 479 g/mol. The number of ether oxygens (including phenoxy) is 1. The average molecular weight is 513 g/mol. The van der Waals surface area contributed by atoms with Crippen molar-refractivity contribution in [3.63, 3.8) is 0 Å². The number of allylic oxidation sites excluding steroid dienone is 1. The van der Waals surface area contributed by atoms with Crippen molar-refractivity contribution in [2.45, 2.75) is 59.0 Å². The molecule has 3 aromatic rings. The molecule has 0 spiro atoms. The molecule has 1 aliphatic carbocycles. The fourth-order valence-corrected chi connectivity index (χ4v) is 5.34. The number of carbonyl (C=O) groups excluding carboxylic acids is 2. The number of ketones is 1. The third-order valence-electron chi connectivity index (χ3n) is 7.15. The van der Waals surface area contributed by atoms with Gasteiger partial charge in [0, 0.05) is 34.3 Å². The van der Waals surface area contributed by atoms with E-state index in [9.17, 15) is 9.59 Å². The van der Waals surface area contributed by atoms with Crippen molar-refractivity contribution in [3.8, 4) is 5.75 Å². The first-order valence-corrected chi connectivity index (χ1v) is 13.6. The Kier molecular flexibility index (Phi) is 7.17. The normalized spacial score (nSPS) is 15.2. The van der Waals surface area contributed by atoms with Gasteiger partial charge in [0.1, 0.15) is 17.5 Å². The van der Waals surface area contributed by atoms with E-state index in [1.54, 1.807) is 13.0 Å². The van der Waals surface area contributed by atoms with Crippen LogP contribution in [0.15, 0.2) is 42.5 Å². The van der Waals surface area contributed by atoms with Crippen LogP contribution in [-0.4, -0.2) is 34.6 Å². The average Bonchev–Trinajstić information content (AvgIpc) is 3.51. The van der Waals surface area contributed by atoms with Crippen LogP contribution in [-0.2, 0) is 6.42 Å². The molecule has 1 unspecified atom stereocenters. The second-order valence-electron chi connectivity index (χ2n) is 9.87. The summed E-state index contributed by atoms with van der Waals surface area (Å²) in [5.41, 5.74) is 4.12. The van der Waals surface area contributed by atoms with E-state index in [1.807, 2.05) is 36.1 Å². The lowest BCUT2D eigenvalue weighted by molar-refractivity contribution is 0.0983. The maximum atomic E-state index is 13.7. The number of H-pyrrole nitrogens is 1. The van der Waals surface area contributed by atoms with Crippen LogP contribution in [0.25, 0.3) is 23.1 Å². The van der Waals surface area contributed by atoms with Crippen LogP contribution in [0.5, 0.6) is 5.75 Å². The third kappa shape index (κ3) is 4.93. The Morgan fingerprint density at radius 3 is 2.65 bits per heavy atom. The van der Waals surface area contributed by atoms with Crippen LogP contribution in [0.1, 0.15) is 72.9 Å². The first-order valence-electron chi connectivity index (χ1n) is 13.1. The Labute approximate surface area is 219 Å². The smallest absolute Gasteiger partial charge is 0.274 e. The Balaban J connectivity index is 1.54.